The summed E-state index contributed by atoms with van der Waals surface area (Å²) in [4.78, 5) is 11.7. The quantitative estimate of drug-likeness (QED) is 0.608. The van der Waals surface area contributed by atoms with E-state index in [-0.39, 0.29) is 42.8 Å². The SMILES string of the molecule is CC(=O)NCc1ccc(S(=O)(=O)N2CCN(S(=O)(=O)N3CCOCC3)CC2)s1. The van der Waals surface area contributed by atoms with E-state index in [0.29, 0.717) is 26.3 Å². The predicted molar refractivity (Wildman–Crippen MR) is 103 cm³/mol. The second-order valence-corrected chi connectivity index (χ2v) is 11.7. The van der Waals surface area contributed by atoms with E-state index in [2.05, 4.69) is 5.32 Å². The van der Waals surface area contributed by atoms with Crippen LogP contribution in [0.15, 0.2) is 16.3 Å². The lowest BCUT2D eigenvalue weighted by atomic mass is 10.4. The smallest absolute Gasteiger partial charge is 0.282 e. The lowest BCUT2D eigenvalue weighted by molar-refractivity contribution is -0.119. The fourth-order valence-electron chi connectivity index (χ4n) is 3.01. The number of ether oxygens (including phenoxy) is 1. The second kappa shape index (κ2) is 8.73. The van der Waals surface area contributed by atoms with E-state index in [1.54, 1.807) is 6.07 Å². The zero-order valence-electron chi connectivity index (χ0n) is 15.5. The van der Waals surface area contributed by atoms with Gasteiger partial charge in [0.2, 0.25) is 5.91 Å². The second-order valence-electron chi connectivity index (χ2n) is 6.45. The van der Waals surface area contributed by atoms with Crippen molar-refractivity contribution in [1.29, 1.82) is 0 Å². The minimum absolute atomic E-state index is 0.102. The Labute approximate surface area is 169 Å². The summed E-state index contributed by atoms with van der Waals surface area (Å²) in [6, 6.07) is 3.20. The highest BCUT2D eigenvalue weighted by Crippen LogP contribution is 2.26. The minimum atomic E-state index is -3.69. The molecule has 2 saturated heterocycles. The van der Waals surface area contributed by atoms with Crippen molar-refractivity contribution in [3.8, 4) is 0 Å². The average Bonchev–Trinajstić information content (AvgIpc) is 3.17. The van der Waals surface area contributed by atoms with Gasteiger partial charge in [-0.2, -0.15) is 21.3 Å². The molecule has 1 aromatic rings. The van der Waals surface area contributed by atoms with Gasteiger partial charge in [-0.1, -0.05) is 0 Å². The molecule has 1 N–H and O–H groups in total. The van der Waals surface area contributed by atoms with Crippen molar-refractivity contribution in [3.63, 3.8) is 0 Å². The summed E-state index contributed by atoms with van der Waals surface area (Å²) in [5, 5.41) is 2.64. The lowest BCUT2D eigenvalue weighted by Crippen LogP contribution is -2.55. The first-order valence-corrected chi connectivity index (χ1v) is 12.5. The molecule has 0 atom stereocenters. The van der Waals surface area contributed by atoms with Crippen LogP contribution in [0, 0.1) is 0 Å². The number of amides is 1. The van der Waals surface area contributed by atoms with Crippen LogP contribution in [0.5, 0.6) is 0 Å². The highest BCUT2D eigenvalue weighted by atomic mass is 32.2. The lowest BCUT2D eigenvalue weighted by Gasteiger charge is -2.36. The number of nitrogens with one attached hydrogen (secondary N) is 1. The molecule has 1 aromatic heterocycles. The van der Waals surface area contributed by atoms with E-state index in [9.17, 15) is 21.6 Å². The molecule has 0 saturated carbocycles. The van der Waals surface area contributed by atoms with Crippen molar-refractivity contribution in [1.82, 2.24) is 18.2 Å². The van der Waals surface area contributed by atoms with Crippen LogP contribution in [-0.4, -0.2) is 88.1 Å². The maximum atomic E-state index is 12.9. The molecule has 0 aromatic carbocycles. The average molecular weight is 453 g/mol. The number of carbonyl (C=O) groups is 1. The maximum Gasteiger partial charge on any atom is 0.282 e. The molecular formula is C15H24N4O6S3. The van der Waals surface area contributed by atoms with Gasteiger partial charge >= 0.3 is 0 Å². The summed E-state index contributed by atoms with van der Waals surface area (Å²) in [6.45, 7) is 3.47. The van der Waals surface area contributed by atoms with Gasteiger partial charge in [0, 0.05) is 51.1 Å². The van der Waals surface area contributed by atoms with Crippen molar-refractivity contribution in [2.75, 3.05) is 52.5 Å². The van der Waals surface area contributed by atoms with E-state index in [4.69, 9.17) is 4.74 Å². The van der Waals surface area contributed by atoms with E-state index in [0.717, 1.165) is 16.2 Å². The van der Waals surface area contributed by atoms with Gasteiger partial charge in [0.05, 0.1) is 19.8 Å². The third-order valence-electron chi connectivity index (χ3n) is 4.56. The summed E-state index contributed by atoms with van der Waals surface area (Å²) < 4.78 is 60.5. The van der Waals surface area contributed by atoms with E-state index >= 15 is 0 Å². The topological polar surface area (TPSA) is 116 Å². The van der Waals surface area contributed by atoms with Gasteiger partial charge in [-0.05, 0) is 12.1 Å². The molecule has 0 aliphatic carbocycles. The summed E-state index contributed by atoms with van der Waals surface area (Å²) in [7, 11) is -7.29. The zero-order chi connectivity index (χ0) is 20.4. The van der Waals surface area contributed by atoms with Crippen molar-refractivity contribution < 1.29 is 26.4 Å². The van der Waals surface area contributed by atoms with Crippen molar-refractivity contribution in [2.45, 2.75) is 17.7 Å². The Morgan fingerprint density at radius 1 is 1.00 bits per heavy atom. The van der Waals surface area contributed by atoms with Crippen LogP contribution in [-0.2, 0) is 36.3 Å². The molecular weight excluding hydrogens is 428 g/mol. The van der Waals surface area contributed by atoms with Crippen LogP contribution in [0.1, 0.15) is 11.8 Å². The Hall–Kier alpha value is -1.09. The largest absolute Gasteiger partial charge is 0.379 e. The molecule has 0 spiro atoms. The standard InChI is InChI=1S/C15H24N4O6S3/c1-13(20)16-12-14-2-3-15(26-14)27(21,22)17-4-6-18(7-5-17)28(23,24)19-8-10-25-11-9-19/h2-3H,4-12H2,1H3,(H,16,20). The predicted octanol–water partition coefficient (Wildman–Crippen LogP) is -0.732. The van der Waals surface area contributed by atoms with Crippen molar-refractivity contribution in [2.24, 2.45) is 0 Å². The number of hydrogen-bond acceptors (Lipinski definition) is 7. The summed E-state index contributed by atoms with van der Waals surface area (Å²) in [5.41, 5.74) is 0. The van der Waals surface area contributed by atoms with Gasteiger partial charge in [0.15, 0.2) is 0 Å². The number of nitrogens with zero attached hydrogens (tertiary/aromatic N) is 3. The molecule has 158 valence electrons. The molecule has 28 heavy (non-hydrogen) atoms. The monoisotopic (exact) mass is 452 g/mol. The van der Waals surface area contributed by atoms with Crippen LogP contribution >= 0.6 is 11.3 Å². The first-order valence-electron chi connectivity index (χ1n) is 8.87. The Morgan fingerprint density at radius 3 is 2.18 bits per heavy atom. The van der Waals surface area contributed by atoms with Crippen LogP contribution in [0.4, 0.5) is 0 Å². The van der Waals surface area contributed by atoms with Gasteiger partial charge in [-0.25, -0.2) is 8.42 Å². The van der Waals surface area contributed by atoms with Gasteiger partial charge in [-0.15, -0.1) is 11.3 Å². The van der Waals surface area contributed by atoms with Gasteiger partial charge in [-0.3, -0.25) is 4.79 Å². The molecule has 0 unspecified atom stereocenters. The van der Waals surface area contributed by atoms with E-state index in [1.165, 1.54) is 25.9 Å². The van der Waals surface area contributed by atoms with Crippen LogP contribution in [0.2, 0.25) is 0 Å². The Balaban J connectivity index is 1.63. The minimum Gasteiger partial charge on any atom is -0.379 e. The highest BCUT2D eigenvalue weighted by molar-refractivity contribution is 7.91. The summed E-state index contributed by atoms with van der Waals surface area (Å²) in [5.74, 6) is -0.185. The van der Waals surface area contributed by atoms with Crippen LogP contribution in [0.25, 0.3) is 0 Å². The highest BCUT2D eigenvalue weighted by Gasteiger charge is 2.36. The molecule has 2 aliphatic heterocycles. The number of sulfonamides is 1. The molecule has 3 rings (SSSR count). The molecule has 13 heteroatoms. The Bertz CT molecular complexity index is 900. The van der Waals surface area contributed by atoms with Gasteiger partial charge in [0.25, 0.3) is 20.2 Å². The van der Waals surface area contributed by atoms with Crippen LogP contribution in [0.3, 0.4) is 0 Å². The van der Waals surface area contributed by atoms with Crippen molar-refractivity contribution >= 4 is 37.5 Å². The third kappa shape index (κ3) is 4.72. The summed E-state index contributed by atoms with van der Waals surface area (Å²) >= 11 is 1.11. The first-order chi connectivity index (χ1) is 13.2. The molecule has 2 fully saturated rings. The molecule has 1 amide bonds. The number of rotatable bonds is 6. The van der Waals surface area contributed by atoms with Gasteiger partial charge < -0.3 is 10.1 Å². The Morgan fingerprint density at radius 2 is 1.57 bits per heavy atom. The fraction of sp³-hybridized carbons (Fsp3) is 0.667. The normalized spacial score (nSPS) is 20.9. The van der Waals surface area contributed by atoms with Crippen LogP contribution < -0.4 is 5.32 Å². The number of morpholine rings is 1. The van der Waals surface area contributed by atoms with E-state index in [1.807, 2.05) is 0 Å². The number of piperazine rings is 1. The molecule has 0 radical (unpaired) electrons. The zero-order valence-corrected chi connectivity index (χ0v) is 18.0. The molecule has 10 nitrogen and oxygen atoms in total. The number of carbonyl (C=O) groups excluding carboxylic acids is 1. The molecule has 3 heterocycles. The maximum absolute atomic E-state index is 12.9. The number of hydrogen-bond donors (Lipinski definition) is 1. The van der Waals surface area contributed by atoms with Crippen molar-refractivity contribution in [3.05, 3.63) is 17.0 Å². The van der Waals surface area contributed by atoms with Gasteiger partial charge in [0.1, 0.15) is 4.21 Å². The summed E-state index contributed by atoms with van der Waals surface area (Å²) in [6.07, 6.45) is 0. The molecule has 2 aliphatic rings. The fourth-order valence-corrected chi connectivity index (χ4v) is 7.45. The van der Waals surface area contributed by atoms with E-state index < -0.39 is 20.2 Å². The Kier molecular flexibility index (Phi) is 6.74. The third-order valence-corrected chi connectivity index (χ3v) is 10.0. The number of thiophene rings is 1. The molecule has 0 bridgehead atoms. The first kappa shape index (κ1) is 21.6.